The zero-order valence-electron chi connectivity index (χ0n) is 15.2. The number of benzene rings is 1. The molecule has 6 heteroatoms. The summed E-state index contributed by atoms with van der Waals surface area (Å²) in [5.74, 6) is 1.39. The van der Waals surface area contributed by atoms with Gasteiger partial charge in [0.15, 0.2) is 0 Å². The van der Waals surface area contributed by atoms with Crippen LogP contribution in [0.3, 0.4) is 0 Å². The molecule has 1 aromatic carbocycles. The number of hydrogen-bond donors (Lipinski definition) is 1. The molecule has 1 saturated carbocycles. The molecule has 2 fully saturated rings. The Balaban J connectivity index is 1.55. The highest BCUT2D eigenvalue weighted by atomic mass is 16.6. The molecule has 1 aromatic heterocycles. The van der Waals surface area contributed by atoms with E-state index < -0.39 is 4.92 Å². The van der Waals surface area contributed by atoms with Crippen LogP contribution in [-0.2, 0) is 11.8 Å². The summed E-state index contributed by atoms with van der Waals surface area (Å²) >= 11 is 0. The molecule has 2 heterocycles. The molecule has 0 radical (unpaired) electrons. The second-order valence-electron chi connectivity index (χ2n) is 8.03. The number of pyridine rings is 1. The number of fused-ring (bicyclic) bond motifs is 1. The van der Waals surface area contributed by atoms with Gasteiger partial charge in [-0.25, -0.2) is 4.98 Å². The first kappa shape index (κ1) is 16.7. The summed E-state index contributed by atoms with van der Waals surface area (Å²) in [7, 11) is 0. The van der Waals surface area contributed by atoms with Crippen LogP contribution in [0.5, 0.6) is 11.6 Å². The lowest BCUT2D eigenvalue weighted by atomic mass is 9.53. The van der Waals surface area contributed by atoms with Crippen molar-refractivity contribution in [2.24, 2.45) is 5.92 Å². The number of hydrogen-bond acceptors (Lipinski definition) is 5. The van der Waals surface area contributed by atoms with Crippen LogP contribution in [0.4, 0.5) is 5.69 Å². The minimum absolute atomic E-state index is 0.0548. The van der Waals surface area contributed by atoms with Crippen LogP contribution in [0.15, 0.2) is 36.5 Å². The SMILES string of the molecule is O=[N+]([O-])c1cccnc1Oc1ccc2c(c1)[C@@]13CCCC[C@@H]1[C@@H](C2)NCC3. The molecule has 0 amide bonds. The normalized spacial score (nSPS) is 28.7. The second kappa shape index (κ2) is 6.30. The first-order valence-electron chi connectivity index (χ1n) is 9.81. The number of nitrogens with zero attached hydrogens (tertiary/aromatic N) is 2. The number of nitro groups is 1. The van der Waals surface area contributed by atoms with E-state index in [1.165, 1.54) is 49.1 Å². The van der Waals surface area contributed by atoms with Crippen LogP contribution < -0.4 is 10.1 Å². The topological polar surface area (TPSA) is 77.3 Å². The Bertz CT molecular complexity index is 896. The molecule has 2 aliphatic carbocycles. The highest BCUT2D eigenvalue weighted by molar-refractivity contribution is 5.48. The Hall–Kier alpha value is -2.47. The van der Waals surface area contributed by atoms with Crippen molar-refractivity contribution in [1.82, 2.24) is 10.3 Å². The minimum atomic E-state index is -0.450. The van der Waals surface area contributed by atoms with E-state index in [1.807, 2.05) is 6.07 Å². The van der Waals surface area contributed by atoms with Crippen LogP contribution >= 0.6 is 0 Å². The molecule has 5 rings (SSSR count). The van der Waals surface area contributed by atoms with Crippen LogP contribution in [-0.4, -0.2) is 22.5 Å². The van der Waals surface area contributed by atoms with Crippen molar-refractivity contribution >= 4 is 5.69 Å². The van der Waals surface area contributed by atoms with Gasteiger partial charge in [-0.05, 0) is 67.5 Å². The maximum absolute atomic E-state index is 11.3. The molecule has 1 saturated heterocycles. The van der Waals surface area contributed by atoms with E-state index in [0.717, 1.165) is 19.4 Å². The largest absolute Gasteiger partial charge is 0.434 e. The van der Waals surface area contributed by atoms with E-state index in [-0.39, 0.29) is 17.0 Å². The molecule has 1 aliphatic heterocycles. The first-order valence-corrected chi connectivity index (χ1v) is 9.81. The molecule has 6 nitrogen and oxygen atoms in total. The van der Waals surface area contributed by atoms with E-state index in [1.54, 1.807) is 6.07 Å². The maximum Gasteiger partial charge on any atom is 0.331 e. The molecule has 0 unspecified atom stereocenters. The fraction of sp³-hybridized carbons (Fsp3) is 0.476. The average Bonchev–Trinajstić information content (AvgIpc) is 2.69. The quantitative estimate of drug-likeness (QED) is 0.654. The van der Waals surface area contributed by atoms with Gasteiger partial charge in [0, 0.05) is 23.7 Å². The minimum Gasteiger partial charge on any atom is -0.434 e. The molecule has 2 bridgehead atoms. The zero-order chi connectivity index (χ0) is 18.4. The Kier molecular flexibility index (Phi) is 3.90. The van der Waals surface area contributed by atoms with E-state index in [4.69, 9.17) is 4.74 Å². The van der Waals surface area contributed by atoms with Crippen molar-refractivity contribution in [3.05, 3.63) is 57.8 Å². The van der Waals surface area contributed by atoms with Crippen molar-refractivity contribution in [3.63, 3.8) is 0 Å². The van der Waals surface area contributed by atoms with E-state index in [0.29, 0.717) is 17.7 Å². The zero-order valence-corrected chi connectivity index (χ0v) is 15.2. The van der Waals surface area contributed by atoms with E-state index >= 15 is 0 Å². The van der Waals surface area contributed by atoms with Crippen LogP contribution in [0, 0.1) is 16.0 Å². The number of aromatic nitrogens is 1. The van der Waals surface area contributed by atoms with Crippen molar-refractivity contribution in [3.8, 4) is 11.6 Å². The standard InChI is InChI=1S/C21H23N3O3/c25-24(26)19-5-3-10-23-20(19)27-15-7-6-14-12-18-16-4-1-2-8-21(16,9-11-22-18)17(14)13-15/h3,5-7,10,13,16,18,22H,1-2,4,8-9,11-12H2/t16-,18-,21-/m1/s1. The molecule has 3 aliphatic rings. The van der Waals surface area contributed by atoms with Crippen LogP contribution in [0.2, 0.25) is 0 Å². The van der Waals surface area contributed by atoms with Gasteiger partial charge in [0.2, 0.25) is 0 Å². The van der Waals surface area contributed by atoms with Gasteiger partial charge < -0.3 is 10.1 Å². The molecule has 27 heavy (non-hydrogen) atoms. The summed E-state index contributed by atoms with van der Waals surface area (Å²) in [6.07, 6.45) is 8.85. The Morgan fingerprint density at radius 1 is 1.26 bits per heavy atom. The van der Waals surface area contributed by atoms with Gasteiger partial charge in [0.1, 0.15) is 5.75 Å². The summed E-state index contributed by atoms with van der Waals surface area (Å²) in [5, 5.41) is 15.0. The highest BCUT2D eigenvalue weighted by Gasteiger charge is 2.51. The van der Waals surface area contributed by atoms with Crippen LogP contribution in [0.25, 0.3) is 0 Å². The molecular weight excluding hydrogens is 342 g/mol. The van der Waals surface area contributed by atoms with Gasteiger partial charge in [-0.3, -0.25) is 10.1 Å². The van der Waals surface area contributed by atoms with Crippen molar-refractivity contribution in [2.75, 3.05) is 6.54 Å². The fourth-order valence-corrected chi connectivity index (χ4v) is 5.68. The maximum atomic E-state index is 11.3. The lowest BCUT2D eigenvalue weighted by Crippen LogP contribution is -2.59. The number of nitrogens with one attached hydrogen (secondary N) is 1. The van der Waals surface area contributed by atoms with Gasteiger partial charge in [-0.2, -0.15) is 0 Å². The third-order valence-corrected chi connectivity index (χ3v) is 6.78. The van der Waals surface area contributed by atoms with Gasteiger partial charge in [-0.1, -0.05) is 18.9 Å². The smallest absolute Gasteiger partial charge is 0.331 e. The van der Waals surface area contributed by atoms with Gasteiger partial charge in [0.05, 0.1) is 4.92 Å². The lowest BCUT2D eigenvalue weighted by molar-refractivity contribution is -0.386. The summed E-state index contributed by atoms with van der Waals surface area (Å²) < 4.78 is 5.88. The summed E-state index contributed by atoms with van der Waals surface area (Å²) in [6, 6.07) is 9.76. The van der Waals surface area contributed by atoms with Crippen molar-refractivity contribution in [1.29, 1.82) is 0 Å². The van der Waals surface area contributed by atoms with E-state index in [9.17, 15) is 10.1 Å². The summed E-state index contributed by atoms with van der Waals surface area (Å²) in [6.45, 7) is 1.07. The number of rotatable bonds is 3. The Morgan fingerprint density at radius 2 is 2.19 bits per heavy atom. The average molecular weight is 365 g/mol. The van der Waals surface area contributed by atoms with Crippen molar-refractivity contribution in [2.45, 2.75) is 50.0 Å². The first-order chi connectivity index (χ1) is 13.2. The predicted octanol–water partition coefficient (Wildman–Crippen LogP) is 4.13. The predicted molar refractivity (Wildman–Crippen MR) is 101 cm³/mol. The van der Waals surface area contributed by atoms with Crippen LogP contribution in [0.1, 0.15) is 43.2 Å². The summed E-state index contributed by atoms with van der Waals surface area (Å²) in [4.78, 5) is 14.9. The third kappa shape index (κ3) is 2.62. The monoisotopic (exact) mass is 365 g/mol. The molecule has 3 atom stereocenters. The highest BCUT2D eigenvalue weighted by Crippen LogP contribution is 2.54. The Labute approximate surface area is 158 Å². The van der Waals surface area contributed by atoms with Gasteiger partial charge in [-0.15, -0.1) is 0 Å². The molecule has 1 N–H and O–H groups in total. The molecular formula is C21H23N3O3. The molecule has 0 spiro atoms. The molecule has 2 aromatic rings. The summed E-state index contributed by atoms with van der Waals surface area (Å²) in [5.41, 5.74) is 2.93. The van der Waals surface area contributed by atoms with Gasteiger partial charge >= 0.3 is 5.69 Å². The Morgan fingerprint density at radius 3 is 3.07 bits per heavy atom. The third-order valence-electron chi connectivity index (χ3n) is 6.78. The van der Waals surface area contributed by atoms with E-state index in [2.05, 4.69) is 22.4 Å². The number of ether oxygens (including phenoxy) is 1. The van der Waals surface area contributed by atoms with Gasteiger partial charge in [0.25, 0.3) is 5.88 Å². The van der Waals surface area contributed by atoms with Crippen molar-refractivity contribution < 1.29 is 9.66 Å². The molecule has 140 valence electrons. The second-order valence-corrected chi connectivity index (χ2v) is 8.03. The number of piperidine rings is 1. The fourth-order valence-electron chi connectivity index (χ4n) is 5.68. The lowest BCUT2D eigenvalue weighted by Gasteiger charge is -2.56.